The molecule has 1 aromatic rings. The molecule has 0 aliphatic heterocycles. The fourth-order valence-electron chi connectivity index (χ4n) is 1.59. The van der Waals surface area contributed by atoms with E-state index in [2.05, 4.69) is 0 Å². The van der Waals surface area contributed by atoms with Gasteiger partial charge in [-0.1, -0.05) is 12.1 Å². The highest BCUT2D eigenvalue weighted by Gasteiger charge is 2.34. The van der Waals surface area contributed by atoms with Crippen molar-refractivity contribution in [3.05, 3.63) is 30.1 Å². The number of amides is 1. The number of aliphatic carboxylic acids is 1. The van der Waals surface area contributed by atoms with Gasteiger partial charge in [-0.05, 0) is 32.4 Å². The minimum atomic E-state index is -1.26. The number of carbonyl (C=O) groups excluding carboxylic acids is 1. The molecule has 0 unspecified atom stereocenters. The Labute approximate surface area is 123 Å². The topological polar surface area (TPSA) is 66.8 Å². The first-order valence-corrected chi connectivity index (χ1v) is 6.64. The maximum Gasteiger partial charge on any atom is 0.329 e. The zero-order valence-electron chi connectivity index (χ0n) is 12.4. The van der Waals surface area contributed by atoms with Crippen molar-refractivity contribution in [2.45, 2.75) is 32.2 Å². The molecule has 1 amide bonds. The lowest BCUT2D eigenvalue weighted by Gasteiger charge is -2.31. The molecule has 0 aliphatic carbocycles. The van der Waals surface area contributed by atoms with E-state index < -0.39 is 17.3 Å². The van der Waals surface area contributed by atoms with Crippen LogP contribution in [-0.2, 0) is 9.59 Å². The van der Waals surface area contributed by atoms with Crippen LogP contribution in [-0.4, -0.2) is 41.1 Å². The summed E-state index contributed by atoms with van der Waals surface area (Å²) >= 11 is 0. The van der Waals surface area contributed by atoms with Gasteiger partial charge in [0.25, 0.3) is 0 Å². The standard InChI is InChI=1S/C15H20FNO4/c1-15(2,14(19)20)17(3)13(18)9-6-10-21-12-8-5-4-7-11(12)16/h4-5,7-8H,6,9-10H2,1-3H3,(H,19,20). The molecule has 0 spiro atoms. The predicted octanol–water partition coefficient (Wildman–Crippen LogP) is 2.31. The van der Waals surface area contributed by atoms with Gasteiger partial charge in [-0.2, -0.15) is 0 Å². The van der Waals surface area contributed by atoms with Gasteiger partial charge in [-0.15, -0.1) is 0 Å². The number of hydrogen-bond acceptors (Lipinski definition) is 3. The van der Waals surface area contributed by atoms with E-state index in [-0.39, 0.29) is 24.7 Å². The SMILES string of the molecule is CN(C(=O)CCCOc1ccccc1F)C(C)(C)C(=O)O. The minimum Gasteiger partial charge on any atom is -0.491 e. The highest BCUT2D eigenvalue weighted by atomic mass is 19.1. The summed E-state index contributed by atoms with van der Waals surface area (Å²) in [6.07, 6.45) is 0.523. The minimum absolute atomic E-state index is 0.141. The van der Waals surface area contributed by atoms with E-state index in [0.29, 0.717) is 6.42 Å². The molecule has 1 N–H and O–H groups in total. The average molecular weight is 297 g/mol. The number of hydrogen-bond donors (Lipinski definition) is 1. The van der Waals surface area contributed by atoms with Gasteiger partial charge in [0.05, 0.1) is 6.61 Å². The van der Waals surface area contributed by atoms with Gasteiger partial charge in [0.1, 0.15) is 5.54 Å². The lowest BCUT2D eigenvalue weighted by Crippen LogP contribution is -2.50. The second-order valence-corrected chi connectivity index (χ2v) is 5.20. The average Bonchev–Trinajstić information content (AvgIpc) is 2.44. The van der Waals surface area contributed by atoms with Crippen molar-refractivity contribution >= 4 is 11.9 Å². The molecule has 0 aliphatic rings. The molecular weight excluding hydrogens is 277 g/mol. The van der Waals surface area contributed by atoms with Crippen molar-refractivity contribution in [2.24, 2.45) is 0 Å². The second-order valence-electron chi connectivity index (χ2n) is 5.20. The number of likely N-dealkylation sites (N-methyl/N-ethyl adjacent to an activating group) is 1. The Morgan fingerprint density at radius 1 is 1.33 bits per heavy atom. The molecule has 5 nitrogen and oxygen atoms in total. The molecule has 0 saturated carbocycles. The third-order valence-corrected chi connectivity index (χ3v) is 3.37. The fourth-order valence-corrected chi connectivity index (χ4v) is 1.59. The predicted molar refractivity (Wildman–Crippen MR) is 75.6 cm³/mol. The summed E-state index contributed by atoms with van der Waals surface area (Å²) in [5.74, 6) is -1.67. The molecule has 0 heterocycles. The number of benzene rings is 1. The van der Waals surface area contributed by atoms with Gasteiger partial charge < -0.3 is 14.7 Å². The number of halogens is 1. The van der Waals surface area contributed by atoms with E-state index in [1.807, 2.05) is 0 Å². The van der Waals surface area contributed by atoms with Crippen LogP contribution >= 0.6 is 0 Å². The number of para-hydroxylation sites is 1. The summed E-state index contributed by atoms with van der Waals surface area (Å²) in [4.78, 5) is 24.2. The van der Waals surface area contributed by atoms with Crippen LogP contribution in [0.5, 0.6) is 5.75 Å². The van der Waals surface area contributed by atoms with E-state index in [1.165, 1.54) is 37.9 Å². The molecule has 21 heavy (non-hydrogen) atoms. The lowest BCUT2D eigenvalue weighted by molar-refractivity contribution is -0.155. The number of carbonyl (C=O) groups is 2. The smallest absolute Gasteiger partial charge is 0.329 e. The fraction of sp³-hybridized carbons (Fsp3) is 0.467. The van der Waals surface area contributed by atoms with Gasteiger partial charge in [-0.25, -0.2) is 9.18 Å². The molecule has 6 heteroatoms. The summed E-state index contributed by atoms with van der Waals surface area (Å²) < 4.78 is 18.5. The quantitative estimate of drug-likeness (QED) is 0.784. The van der Waals surface area contributed by atoms with E-state index in [1.54, 1.807) is 12.1 Å². The molecule has 1 rings (SSSR count). The van der Waals surface area contributed by atoms with E-state index in [0.717, 1.165) is 0 Å². The molecule has 0 saturated heterocycles. The van der Waals surface area contributed by atoms with Crippen molar-refractivity contribution in [2.75, 3.05) is 13.7 Å². The Hall–Kier alpha value is -2.11. The summed E-state index contributed by atoms with van der Waals surface area (Å²) in [5, 5.41) is 9.05. The van der Waals surface area contributed by atoms with Crippen molar-refractivity contribution in [3.8, 4) is 5.75 Å². The van der Waals surface area contributed by atoms with Crippen molar-refractivity contribution in [1.82, 2.24) is 4.90 Å². The largest absolute Gasteiger partial charge is 0.491 e. The molecule has 0 radical (unpaired) electrons. The number of carboxylic acid groups (broad SMARTS) is 1. The summed E-state index contributed by atoms with van der Waals surface area (Å²) in [7, 11) is 1.45. The molecular formula is C15H20FNO4. The molecule has 0 bridgehead atoms. The lowest BCUT2D eigenvalue weighted by atomic mass is 10.0. The molecule has 0 fully saturated rings. The highest BCUT2D eigenvalue weighted by molar-refractivity contribution is 5.86. The molecule has 1 aromatic carbocycles. The first-order chi connectivity index (χ1) is 9.76. The first-order valence-electron chi connectivity index (χ1n) is 6.64. The van der Waals surface area contributed by atoms with Crippen LogP contribution in [0.15, 0.2) is 24.3 Å². The molecule has 0 atom stereocenters. The Morgan fingerprint density at radius 2 is 1.95 bits per heavy atom. The van der Waals surface area contributed by atoms with Crippen LogP contribution in [0.2, 0.25) is 0 Å². The van der Waals surface area contributed by atoms with Gasteiger partial charge >= 0.3 is 5.97 Å². The van der Waals surface area contributed by atoms with Crippen LogP contribution in [0.25, 0.3) is 0 Å². The van der Waals surface area contributed by atoms with Gasteiger partial charge in [0, 0.05) is 13.5 Å². The van der Waals surface area contributed by atoms with Crippen molar-refractivity contribution < 1.29 is 23.8 Å². The van der Waals surface area contributed by atoms with E-state index in [4.69, 9.17) is 9.84 Å². The van der Waals surface area contributed by atoms with Crippen LogP contribution in [0, 0.1) is 5.82 Å². The number of carboxylic acids is 1. The Kier molecular flexibility index (Phi) is 5.69. The first kappa shape index (κ1) is 16.9. The van der Waals surface area contributed by atoms with Crippen LogP contribution in [0.4, 0.5) is 4.39 Å². The Bertz CT molecular complexity index is 516. The van der Waals surface area contributed by atoms with Crippen LogP contribution in [0.3, 0.4) is 0 Å². The molecule has 116 valence electrons. The summed E-state index contributed by atoms with van der Waals surface area (Å²) in [6, 6.07) is 6.03. The maximum atomic E-state index is 13.3. The van der Waals surface area contributed by atoms with Gasteiger partial charge in [-0.3, -0.25) is 4.79 Å². The van der Waals surface area contributed by atoms with Crippen LogP contribution in [0.1, 0.15) is 26.7 Å². The van der Waals surface area contributed by atoms with E-state index >= 15 is 0 Å². The van der Waals surface area contributed by atoms with Gasteiger partial charge in [0.15, 0.2) is 11.6 Å². The van der Waals surface area contributed by atoms with Crippen molar-refractivity contribution in [1.29, 1.82) is 0 Å². The zero-order chi connectivity index (χ0) is 16.0. The third kappa shape index (κ3) is 4.44. The monoisotopic (exact) mass is 297 g/mol. The number of rotatable bonds is 7. The second kappa shape index (κ2) is 7.06. The normalized spacial score (nSPS) is 11.0. The number of ether oxygens (including phenoxy) is 1. The maximum absolute atomic E-state index is 13.3. The summed E-state index contributed by atoms with van der Waals surface area (Å²) in [5.41, 5.74) is -1.26. The van der Waals surface area contributed by atoms with Crippen LogP contribution < -0.4 is 4.74 Å². The zero-order valence-corrected chi connectivity index (χ0v) is 12.4. The summed E-state index contributed by atoms with van der Waals surface area (Å²) in [6.45, 7) is 3.11. The van der Waals surface area contributed by atoms with Crippen molar-refractivity contribution in [3.63, 3.8) is 0 Å². The third-order valence-electron chi connectivity index (χ3n) is 3.37. The number of nitrogens with zero attached hydrogens (tertiary/aromatic N) is 1. The van der Waals surface area contributed by atoms with E-state index in [9.17, 15) is 14.0 Å². The Balaban J connectivity index is 2.41. The highest BCUT2D eigenvalue weighted by Crippen LogP contribution is 2.17. The Morgan fingerprint density at radius 3 is 2.52 bits per heavy atom. The molecule has 0 aromatic heterocycles. The van der Waals surface area contributed by atoms with Gasteiger partial charge in [0.2, 0.25) is 5.91 Å².